The van der Waals surface area contributed by atoms with Gasteiger partial charge in [-0.3, -0.25) is 4.79 Å². The molecule has 1 heterocycles. The smallest absolute Gasteiger partial charge is 0.363 e. The third-order valence-electron chi connectivity index (χ3n) is 3.15. The minimum Gasteiger partial charge on any atom is -0.481 e. The summed E-state index contributed by atoms with van der Waals surface area (Å²) in [5.74, 6) is -2.31. The van der Waals surface area contributed by atoms with Gasteiger partial charge in [0, 0.05) is 0 Å². The SMILES string of the molecule is CC(C)(C)OC(=O)C1=NC(N)(CC(=O)O)C(c2cccc(F)c2)S1. The first-order valence-corrected chi connectivity index (χ1v) is 8.14. The van der Waals surface area contributed by atoms with E-state index in [1.807, 2.05) is 0 Å². The zero-order valence-electron chi connectivity index (χ0n) is 13.6. The number of ether oxygens (including phenoxy) is 1. The van der Waals surface area contributed by atoms with Crippen molar-refractivity contribution in [2.75, 3.05) is 0 Å². The molecule has 6 nitrogen and oxygen atoms in total. The van der Waals surface area contributed by atoms with E-state index < -0.39 is 40.7 Å². The lowest BCUT2D eigenvalue weighted by molar-refractivity contribution is -0.146. The number of rotatable bonds is 4. The van der Waals surface area contributed by atoms with Gasteiger partial charge < -0.3 is 15.6 Å². The summed E-state index contributed by atoms with van der Waals surface area (Å²) in [5, 5.41) is 8.41. The van der Waals surface area contributed by atoms with Crippen molar-refractivity contribution in [1.82, 2.24) is 0 Å². The summed E-state index contributed by atoms with van der Waals surface area (Å²) in [4.78, 5) is 27.5. The van der Waals surface area contributed by atoms with Crippen molar-refractivity contribution in [2.24, 2.45) is 10.7 Å². The number of aliphatic carboxylic acids is 1. The Morgan fingerprint density at radius 2 is 2.12 bits per heavy atom. The number of carboxylic acid groups (broad SMARTS) is 1. The lowest BCUT2D eigenvalue weighted by Gasteiger charge is -2.26. The summed E-state index contributed by atoms with van der Waals surface area (Å²) < 4.78 is 18.8. The summed E-state index contributed by atoms with van der Waals surface area (Å²) in [6.45, 7) is 5.13. The van der Waals surface area contributed by atoms with E-state index >= 15 is 0 Å². The van der Waals surface area contributed by atoms with E-state index in [4.69, 9.17) is 15.6 Å². The summed E-state index contributed by atoms with van der Waals surface area (Å²) in [6, 6.07) is 5.65. The molecule has 0 fully saturated rings. The van der Waals surface area contributed by atoms with Gasteiger partial charge in [-0.25, -0.2) is 14.2 Å². The van der Waals surface area contributed by atoms with Crippen LogP contribution in [0, 0.1) is 5.82 Å². The molecule has 1 aromatic rings. The Morgan fingerprint density at radius 3 is 2.67 bits per heavy atom. The maximum Gasteiger partial charge on any atom is 0.363 e. The molecule has 1 aromatic carbocycles. The predicted molar refractivity (Wildman–Crippen MR) is 89.2 cm³/mol. The number of benzene rings is 1. The molecule has 8 heteroatoms. The minimum absolute atomic E-state index is 0.0112. The topological polar surface area (TPSA) is 102 Å². The molecule has 2 rings (SSSR count). The van der Waals surface area contributed by atoms with Gasteiger partial charge in [-0.15, -0.1) is 0 Å². The average Bonchev–Trinajstić information content (AvgIpc) is 2.73. The van der Waals surface area contributed by atoms with Crippen LogP contribution in [0.5, 0.6) is 0 Å². The zero-order valence-corrected chi connectivity index (χ0v) is 14.4. The quantitative estimate of drug-likeness (QED) is 0.806. The maximum absolute atomic E-state index is 13.5. The van der Waals surface area contributed by atoms with Gasteiger partial charge in [0.15, 0.2) is 5.04 Å². The summed E-state index contributed by atoms with van der Waals surface area (Å²) in [6.07, 6.45) is -0.493. The molecular weight excluding hydrogens is 335 g/mol. The molecular formula is C16H19FN2O4S. The lowest BCUT2D eigenvalue weighted by atomic mass is 9.97. The molecule has 0 spiro atoms. The van der Waals surface area contributed by atoms with Crippen LogP contribution >= 0.6 is 11.8 Å². The molecule has 0 bridgehead atoms. The molecule has 0 saturated carbocycles. The third kappa shape index (κ3) is 4.33. The van der Waals surface area contributed by atoms with Crippen LogP contribution in [0.15, 0.2) is 29.3 Å². The highest BCUT2D eigenvalue weighted by molar-refractivity contribution is 8.16. The zero-order chi connectivity index (χ0) is 18.1. The van der Waals surface area contributed by atoms with Crippen LogP contribution in [0.1, 0.15) is 38.0 Å². The van der Waals surface area contributed by atoms with E-state index in [9.17, 15) is 14.0 Å². The molecule has 2 unspecified atom stereocenters. The second-order valence-electron chi connectivity index (χ2n) is 6.53. The number of carboxylic acids is 1. The van der Waals surface area contributed by atoms with E-state index in [0.717, 1.165) is 11.8 Å². The fourth-order valence-electron chi connectivity index (χ4n) is 2.30. The van der Waals surface area contributed by atoms with Gasteiger partial charge in [0.1, 0.15) is 17.1 Å². The Bertz CT molecular complexity index is 702. The number of aliphatic imine (C=N–C) groups is 1. The predicted octanol–water partition coefficient (Wildman–Crippen LogP) is 2.48. The number of carbonyl (C=O) groups excluding carboxylic acids is 1. The van der Waals surface area contributed by atoms with Gasteiger partial charge in [0.2, 0.25) is 0 Å². The van der Waals surface area contributed by atoms with E-state index in [2.05, 4.69) is 4.99 Å². The standard InChI is InChI=1S/C16H19FN2O4S/c1-15(2,3)23-14(22)13-19-16(18,8-11(20)21)12(24-13)9-5-4-6-10(17)7-9/h4-7,12H,8,18H2,1-3H3,(H,20,21). The van der Waals surface area contributed by atoms with Crippen LogP contribution in [0.25, 0.3) is 0 Å². The fraction of sp³-hybridized carbons (Fsp3) is 0.438. The number of carbonyl (C=O) groups is 2. The van der Waals surface area contributed by atoms with Crippen molar-refractivity contribution in [3.8, 4) is 0 Å². The molecule has 24 heavy (non-hydrogen) atoms. The molecule has 130 valence electrons. The van der Waals surface area contributed by atoms with Crippen LogP contribution in [-0.2, 0) is 14.3 Å². The average molecular weight is 354 g/mol. The Labute approximate surface area is 143 Å². The molecule has 1 aliphatic heterocycles. The Morgan fingerprint density at radius 1 is 1.46 bits per heavy atom. The van der Waals surface area contributed by atoms with Crippen molar-refractivity contribution in [3.63, 3.8) is 0 Å². The molecule has 0 aromatic heterocycles. The van der Waals surface area contributed by atoms with Crippen LogP contribution in [0.3, 0.4) is 0 Å². The molecule has 3 N–H and O–H groups in total. The maximum atomic E-state index is 13.5. The molecule has 2 atom stereocenters. The second kappa shape index (κ2) is 6.52. The van der Waals surface area contributed by atoms with Crippen molar-refractivity contribution in [1.29, 1.82) is 0 Å². The molecule has 0 saturated heterocycles. The number of halogens is 1. The number of thioether (sulfide) groups is 1. The number of hydrogen-bond acceptors (Lipinski definition) is 6. The van der Waals surface area contributed by atoms with Gasteiger partial charge in [-0.2, -0.15) is 0 Å². The van der Waals surface area contributed by atoms with Gasteiger partial charge >= 0.3 is 11.9 Å². The van der Waals surface area contributed by atoms with E-state index in [1.165, 1.54) is 18.2 Å². The first-order valence-electron chi connectivity index (χ1n) is 7.26. The van der Waals surface area contributed by atoms with Crippen molar-refractivity contribution >= 4 is 28.7 Å². The number of esters is 1. The van der Waals surface area contributed by atoms with Gasteiger partial charge in [-0.05, 0) is 38.5 Å². The summed E-state index contributed by atoms with van der Waals surface area (Å²) in [7, 11) is 0. The van der Waals surface area contributed by atoms with Gasteiger partial charge in [-0.1, -0.05) is 23.9 Å². The number of nitrogens with two attached hydrogens (primary N) is 1. The van der Waals surface area contributed by atoms with Crippen LogP contribution < -0.4 is 5.73 Å². The van der Waals surface area contributed by atoms with Crippen LogP contribution in [0.4, 0.5) is 4.39 Å². The lowest BCUT2D eigenvalue weighted by Crippen LogP contribution is -2.42. The summed E-state index contributed by atoms with van der Waals surface area (Å²) >= 11 is 0.991. The Hall–Kier alpha value is -1.93. The highest BCUT2D eigenvalue weighted by Crippen LogP contribution is 2.46. The summed E-state index contributed by atoms with van der Waals surface area (Å²) in [5.41, 5.74) is 4.34. The van der Waals surface area contributed by atoms with E-state index in [1.54, 1.807) is 26.8 Å². The van der Waals surface area contributed by atoms with Crippen LogP contribution in [0.2, 0.25) is 0 Å². The van der Waals surface area contributed by atoms with Crippen molar-refractivity contribution in [2.45, 2.75) is 43.7 Å². The normalized spacial score (nSPS) is 23.7. The minimum atomic E-state index is -1.56. The highest BCUT2D eigenvalue weighted by Gasteiger charge is 2.47. The Kier molecular flexibility index (Phi) is 5.00. The van der Waals surface area contributed by atoms with E-state index in [0.29, 0.717) is 5.56 Å². The molecule has 0 radical (unpaired) electrons. The first-order chi connectivity index (χ1) is 11.0. The second-order valence-corrected chi connectivity index (χ2v) is 7.63. The van der Waals surface area contributed by atoms with E-state index in [-0.39, 0.29) is 5.04 Å². The number of hydrogen-bond donors (Lipinski definition) is 2. The molecule has 0 amide bonds. The van der Waals surface area contributed by atoms with Crippen molar-refractivity contribution in [3.05, 3.63) is 35.6 Å². The molecule has 1 aliphatic rings. The third-order valence-corrected chi connectivity index (χ3v) is 4.55. The largest absolute Gasteiger partial charge is 0.481 e. The molecule has 0 aliphatic carbocycles. The Balaban J connectivity index is 2.36. The highest BCUT2D eigenvalue weighted by atomic mass is 32.2. The van der Waals surface area contributed by atoms with Crippen molar-refractivity contribution < 1.29 is 23.8 Å². The first kappa shape index (κ1) is 18.4. The van der Waals surface area contributed by atoms with Gasteiger partial charge in [0.05, 0.1) is 11.7 Å². The van der Waals surface area contributed by atoms with Crippen LogP contribution in [-0.4, -0.2) is 33.4 Å². The fourth-order valence-corrected chi connectivity index (χ4v) is 3.51. The van der Waals surface area contributed by atoms with Gasteiger partial charge in [0.25, 0.3) is 0 Å². The monoisotopic (exact) mass is 354 g/mol. The number of nitrogens with zero attached hydrogens (tertiary/aromatic N) is 1.